The van der Waals surface area contributed by atoms with Crippen LogP contribution in [0.15, 0.2) is 71.6 Å². The Morgan fingerprint density at radius 3 is 2.47 bits per heavy atom. The van der Waals surface area contributed by atoms with Gasteiger partial charge in [-0.2, -0.15) is 5.26 Å². The van der Waals surface area contributed by atoms with Crippen molar-refractivity contribution in [2.24, 2.45) is 0 Å². The van der Waals surface area contributed by atoms with Crippen LogP contribution in [-0.4, -0.2) is 30.1 Å². The van der Waals surface area contributed by atoms with Gasteiger partial charge in [-0.3, -0.25) is 9.59 Å². The average Bonchev–Trinajstić information content (AvgIpc) is 2.84. The van der Waals surface area contributed by atoms with E-state index in [0.717, 1.165) is 17.3 Å². The van der Waals surface area contributed by atoms with Gasteiger partial charge in [0.15, 0.2) is 6.61 Å². The molecule has 0 aliphatic carbocycles. The van der Waals surface area contributed by atoms with Crippen molar-refractivity contribution in [1.82, 2.24) is 0 Å². The van der Waals surface area contributed by atoms with Crippen molar-refractivity contribution in [2.75, 3.05) is 23.0 Å². The highest BCUT2D eigenvalue weighted by Gasteiger charge is 2.16. The number of thioether (sulfide) groups is 1. The lowest BCUT2D eigenvalue weighted by Gasteiger charge is -2.10. The summed E-state index contributed by atoms with van der Waals surface area (Å²) < 4.78 is 5.16. The Labute approximate surface area is 206 Å². The monoisotopic (exact) mass is 493 g/mol. The zero-order valence-electron chi connectivity index (χ0n) is 18.1. The van der Waals surface area contributed by atoms with Crippen molar-refractivity contribution in [3.8, 4) is 6.07 Å². The molecule has 0 atom stereocenters. The number of rotatable bonds is 8. The van der Waals surface area contributed by atoms with Gasteiger partial charge in [0.05, 0.1) is 22.9 Å². The van der Waals surface area contributed by atoms with Gasteiger partial charge in [0.1, 0.15) is 0 Å². The lowest BCUT2D eigenvalue weighted by atomic mass is 10.2. The van der Waals surface area contributed by atoms with Gasteiger partial charge in [0.25, 0.3) is 5.91 Å². The van der Waals surface area contributed by atoms with Crippen molar-refractivity contribution >= 4 is 52.5 Å². The third-order valence-electron chi connectivity index (χ3n) is 4.53. The average molecular weight is 494 g/mol. The molecule has 172 valence electrons. The number of nitriles is 1. The normalized spacial score (nSPS) is 10.1. The first-order valence-electron chi connectivity index (χ1n) is 10.1. The summed E-state index contributed by atoms with van der Waals surface area (Å²) in [5.41, 5.74) is 2.58. The first kappa shape index (κ1) is 24.8. The van der Waals surface area contributed by atoms with Gasteiger partial charge >= 0.3 is 5.97 Å². The number of ether oxygens (including phenoxy) is 1. The van der Waals surface area contributed by atoms with Gasteiger partial charge in [0, 0.05) is 21.3 Å². The number of hydrogen-bond donors (Lipinski definition) is 2. The van der Waals surface area contributed by atoms with Gasteiger partial charge in [-0.25, -0.2) is 4.79 Å². The Morgan fingerprint density at radius 2 is 1.71 bits per heavy atom. The quantitative estimate of drug-likeness (QED) is 0.336. The molecule has 3 aromatic rings. The highest BCUT2D eigenvalue weighted by atomic mass is 35.5. The first-order valence-corrected chi connectivity index (χ1v) is 11.5. The van der Waals surface area contributed by atoms with E-state index in [1.54, 1.807) is 66.7 Å². The molecule has 0 aliphatic rings. The van der Waals surface area contributed by atoms with Crippen LogP contribution in [0.1, 0.15) is 21.5 Å². The standard InChI is InChI=1S/C25H20ClN3O4S/c1-16-9-10-19(12-21(16)26)28-23(30)14-33-25(32)20-7-2-3-8-22(20)34-15-24(31)29-18-6-4-5-17(11-18)13-27/h2-12H,14-15H2,1H3,(H,28,30)(H,29,31). The number of nitrogens with one attached hydrogen (secondary N) is 2. The smallest absolute Gasteiger partial charge is 0.339 e. The number of nitrogens with zero attached hydrogens (tertiary/aromatic N) is 1. The fourth-order valence-corrected chi connectivity index (χ4v) is 3.87. The summed E-state index contributed by atoms with van der Waals surface area (Å²) in [4.78, 5) is 37.6. The van der Waals surface area contributed by atoms with E-state index in [0.29, 0.717) is 26.9 Å². The molecular formula is C25H20ClN3O4S. The SMILES string of the molecule is Cc1ccc(NC(=O)COC(=O)c2ccccc2SCC(=O)Nc2cccc(C#N)c2)cc1Cl. The number of esters is 1. The van der Waals surface area contributed by atoms with Gasteiger partial charge in [-0.15, -0.1) is 11.8 Å². The summed E-state index contributed by atoms with van der Waals surface area (Å²) in [6.45, 7) is 1.38. The molecule has 0 fully saturated rings. The zero-order valence-corrected chi connectivity index (χ0v) is 19.7. The van der Waals surface area contributed by atoms with Crippen molar-refractivity contribution in [3.05, 3.63) is 88.4 Å². The highest BCUT2D eigenvalue weighted by Crippen LogP contribution is 2.24. The number of carbonyl (C=O) groups is 3. The largest absolute Gasteiger partial charge is 0.452 e. The maximum atomic E-state index is 12.6. The molecule has 0 saturated heterocycles. The Bertz CT molecular complexity index is 1270. The first-order chi connectivity index (χ1) is 16.4. The fourth-order valence-electron chi connectivity index (χ4n) is 2.84. The van der Waals surface area contributed by atoms with Crippen LogP contribution in [0.3, 0.4) is 0 Å². The van der Waals surface area contributed by atoms with Gasteiger partial charge in [0.2, 0.25) is 5.91 Å². The van der Waals surface area contributed by atoms with Gasteiger partial charge in [-0.1, -0.05) is 35.9 Å². The van der Waals surface area contributed by atoms with Crippen LogP contribution in [-0.2, 0) is 14.3 Å². The number of hydrogen-bond acceptors (Lipinski definition) is 6. The Balaban J connectivity index is 1.54. The highest BCUT2D eigenvalue weighted by molar-refractivity contribution is 8.00. The molecule has 34 heavy (non-hydrogen) atoms. The van der Waals surface area contributed by atoms with Crippen molar-refractivity contribution in [2.45, 2.75) is 11.8 Å². The molecule has 2 amide bonds. The Hall–Kier alpha value is -3.80. The molecule has 0 radical (unpaired) electrons. The van der Waals surface area contributed by atoms with Crippen LogP contribution in [0, 0.1) is 18.3 Å². The minimum Gasteiger partial charge on any atom is -0.452 e. The molecular weight excluding hydrogens is 474 g/mol. The summed E-state index contributed by atoms with van der Waals surface area (Å²) in [5.74, 6) is -1.44. The molecule has 7 nitrogen and oxygen atoms in total. The minimum absolute atomic E-state index is 0.0374. The van der Waals surface area contributed by atoms with Gasteiger partial charge < -0.3 is 15.4 Å². The van der Waals surface area contributed by atoms with E-state index in [1.807, 2.05) is 13.0 Å². The molecule has 0 heterocycles. The van der Waals surface area contributed by atoms with E-state index >= 15 is 0 Å². The van der Waals surface area contributed by atoms with E-state index in [2.05, 4.69) is 10.6 Å². The van der Waals surface area contributed by atoms with E-state index in [9.17, 15) is 14.4 Å². The van der Waals surface area contributed by atoms with E-state index < -0.39 is 18.5 Å². The summed E-state index contributed by atoms with van der Waals surface area (Å²) in [5, 5.41) is 14.8. The fraction of sp³-hybridized carbons (Fsp3) is 0.120. The maximum absolute atomic E-state index is 12.6. The van der Waals surface area contributed by atoms with Crippen LogP contribution < -0.4 is 10.6 Å². The number of aryl methyl sites for hydroxylation is 1. The second kappa shape index (κ2) is 11.9. The number of anilines is 2. The summed E-state index contributed by atoms with van der Waals surface area (Å²) in [7, 11) is 0. The van der Waals surface area contributed by atoms with E-state index in [1.165, 1.54) is 0 Å². The second-order valence-electron chi connectivity index (χ2n) is 7.11. The molecule has 0 aromatic heterocycles. The van der Waals surface area contributed by atoms with Crippen molar-refractivity contribution in [3.63, 3.8) is 0 Å². The third-order valence-corrected chi connectivity index (χ3v) is 6.01. The Kier molecular flexibility index (Phi) is 8.68. The van der Waals surface area contributed by atoms with Crippen molar-refractivity contribution in [1.29, 1.82) is 5.26 Å². The topological polar surface area (TPSA) is 108 Å². The Morgan fingerprint density at radius 1 is 0.971 bits per heavy atom. The van der Waals surface area contributed by atoms with Crippen molar-refractivity contribution < 1.29 is 19.1 Å². The third kappa shape index (κ3) is 7.10. The lowest BCUT2D eigenvalue weighted by molar-refractivity contribution is -0.119. The predicted octanol–water partition coefficient (Wildman–Crippen LogP) is 5.05. The second-order valence-corrected chi connectivity index (χ2v) is 8.54. The maximum Gasteiger partial charge on any atom is 0.339 e. The van der Waals surface area contributed by atoms with Crippen LogP contribution in [0.25, 0.3) is 0 Å². The van der Waals surface area contributed by atoms with Crippen LogP contribution in [0.4, 0.5) is 11.4 Å². The van der Waals surface area contributed by atoms with Gasteiger partial charge in [-0.05, 0) is 55.0 Å². The molecule has 2 N–H and O–H groups in total. The molecule has 0 spiro atoms. The number of halogens is 1. The van der Waals surface area contributed by atoms with Crippen LogP contribution >= 0.6 is 23.4 Å². The number of amides is 2. The molecule has 0 saturated carbocycles. The minimum atomic E-state index is -0.678. The van der Waals surface area contributed by atoms with E-state index in [-0.39, 0.29) is 17.2 Å². The van der Waals surface area contributed by atoms with Crippen LogP contribution in [0.2, 0.25) is 5.02 Å². The molecule has 0 aliphatic heterocycles. The predicted molar refractivity (Wildman–Crippen MR) is 132 cm³/mol. The summed E-state index contributed by atoms with van der Waals surface area (Å²) in [6.07, 6.45) is 0. The molecule has 3 rings (SSSR count). The lowest BCUT2D eigenvalue weighted by Crippen LogP contribution is -2.21. The summed E-state index contributed by atoms with van der Waals surface area (Å²) >= 11 is 7.21. The molecule has 3 aromatic carbocycles. The molecule has 9 heteroatoms. The number of carbonyl (C=O) groups excluding carboxylic acids is 3. The number of benzene rings is 3. The summed E-state index contributed by atoms with van der Waals surface area (Å²) in [6, 6.07) is 20.3. The molecule has 0 bridgehead atoms. The molecule has 0 unspecified atom stereocenters. The van der Waals surface area contributed by atoms with Crippen LogP contribution in [0.5, 0.6) is 0 Å². The zero-order chi connectivity index (χ0) is 24.5. The van der Waals surface area contributed by atoms with E-state index in [4.69, 9.17) is 21.6 Å².